The van der Waals surface area contributed by atoms with Crippen molar-refractivity contribution >= 4 is 5.95 Å². The van der Waals surface area contributed by atoms with Crippen LogP contribution >= 0.6 is 0 Å². The van der Waals surface area contributed by atoms with Crippen LogP contribution in [-0.4, -0.2) is 36.6 Å². The molecule has 1 N–H and O–H groups in total. The number of hydrogen-bond acceptors (Lipinski definition) is 4. The van der Waals surface area contributed by atoms with Crippen LogP contribution in [0.25, 0.3) is 0 Å². The molecule has 1 fully saturated rings. The van der Waals surface area contributed by atoms with E-state index in [2.05, 4.69) is 34.0 Å². The Labute approximate surface area is 103 Å². The number of nitrogens with zero attached hydrogens (tertiary/aromatic N) is 3. The predicted octanol–water partition coefficient (Wildman–Crippen LogP) is 1.65. The SMILES string of the molecule is CNCC1CCN(c2ncc(C(C)C)cn2)C1. The van der Waals surface area contributed by atoms with E-state index in [0.717, 1.165) is 31.5 Å². The van der Waals surface area contributed by atoms with Crippen molar-refractivity contribution in [1.29, 1.82) is 0 Å². The van der Waals surface area contributed by atoms with Crippen LogP contribution in [0.5, 0.6) is 0 Å². The minimum absolute atomic E-state index is 0.500. The van der Waals surface area contributed by atoms with E-state index in [1.54, 1.807) is 0 Å². The van der Waals surface area contributed by atoms with Crippen molar-refractivity contribution in [3.05, 3.63) is 18.0 Å². The van der Waals surface area contributed by atoms with Crippen molar-refractivity contribution in [2.24, 2.45) is 5.92 Å². The van der Waals surface area contributed by atoms with Gasteiger partial charge in [-0.05, 0) is 37.4 Å². The number of hydrogen-bond donors (Lipinski definition) is 1. The highest BCUT2D eigenvalue weighted by molar-refractivity contribution is 5.32. The smallest absolute Gasteiger partial charge is 0.225 e. The molecule has 1 aromatic heterocycles. The lowest BCUT2D eigenvalue weighted by Gasteiger charge is -2.16. The second-order valence-corrected chi connectivity index (χ2v) is 5.13. The van der Waals surface area contributed by atoms with Crippen LogP contribution in [0.2, 0.25) is 0 Å². The zero-order valence-corrected chi connectivity index (χ0v) is 11.0. The second-order valence-electron chi connectivity index (χ2n) is 5.13. The van der Waals surface area contributed by atoms with Gasteiger partial charge in [0.2, 0.25) is 5.95 Å². The normalized spacial score (nSPS) is 20.2. The zero-order valence-electron chi connectivity index (χ0n) is 11.0. The van der Waals surface area contributed by atoms with E-state index >= 15 is 0 Å². The van der Waals surface area contributed by atoms with Gasteiger partial charge in [0.15, 0.2) is 0 Å². The van der Waals surface area contributed by atoms with Crippen LogP contribution < -0.4 is 10.2 Å². The molecular formula is C13H22N4. The molecule has 94 valence electrons. The summed E-state index contributed by atoms with van der Waals surface area (Å²) in [6.45, 7) is 7.56. The minimum atomic E-state index is 0.500. The Morgan fingerprint density at radius 2 is 2.12 bits per heavy atom. The molecule has 4 heteroatoms. The van der Waals surface area contributed by atoms with E-state index < -0.39 is 0 Å². The Bertz CT molecular complexity index is 347. The first kappa shape index (κ1) is 12.3. The average Bonchev–Trinajstić information content (AvgIpc) is 2.78. The third kappa shape index (κ3) is 2.94. The molecule has 1 aliphatic heterocycles. The van der Waals surface area contributed by atoms with Gasteiger partial charge in [-0.2, -0.15) is 0 Å². The van der Waals surface area contributed by atoms with Crippen molar-refractivity contribution in [2.45, 2.75) is 26.2 Å². The number of aromatic nitrogens is 2. The van der Waals surface area contributed by atoms with Crippen molar-refractivity contribution in [2.75, 3.05) is 31.6 Å². The van der Waals surface area contributed by atoms with Gasteiger partial charge in [-0.3, -0.25) is 0 Å². The number of rotatable bonds is 4. The van der Waals surface area contributed by atoms with E-state index in [1.807, 2.05) is 19.4 Å². The largest absolute Gasteiger partial charge is 0.340 e. The summed E-state index contributed by atoms with van der Waals surface area (Å²) in [5, 5.41) is 3.24. The molecule has 0 radical (unpaired) electrons. The summed E-state index contributed by atoms with van der Waals surface area (Å²) in [7, 11) is 2.01. The summed E-state index contributed by atoms with van der Waals surface area (Å²) in [5.41, 5.74) is 1.21. The maximum atomic E-state index is 4.47. The van der Waals surface area contributed by atoms with Gasteiger partial charge in [0.1, 0.15) is 0 Å². The van der Waals surface area contributed by atoms with E-state index in [9.17, 15) is 0 Å². The topological polar surface area (TPSA) is 41.0 Å². The van der Waals surface area contributed by atoms with Crippen LogP contribution in [0.15, 0.2) is 12.4 Å². The summed E-state index contributed by atoms with van der Waals surface area (Å²) in [5.74, 6) is 2.11. The van der Waals surface area contributed by atoms with E-state index in [4.69, 9.17) is 0 Å². The van der Waals surface area contributed by atoms with Crippen molar-refractivity contribution in [3.8, 4) is 0 Å². The van der Waals surface area contributed by atoms with E-state index in [1.165, 1.54) is 12.0 Å². The van der Waals surface area contributed by atoms with Gasteiger partial charge in [0.25, 0.3) is 0 Å². The fourth-order valence-corrected chi connectivity index (χ4v) is 2.26. The molecule has 1 saturated heterocycles. The second kappa shape index (κ2) is 5.45. The lowest BCUT2D eigenvalue weighted by molar-refractivity contribution is 0.548. The summed E-state index contributed by atoms with van der Waals surface area (Å²) in [4.78, 5) is 11.2. The molecule has 1 aliphatic rings. The van der Waals surface area contributed by atoms with Crippen molar-refractivity contribution < 1.29 is 0 Å². The Morgan fingerprint density at radius 3 is 2.71 bits per heavy atom. The molecule has 1 aromatic rings. The first-order valence-electron chi connectivity index (χ1n) is 6.42. The lowest BCUT2D eigenvalue weighted by atomic mass is 10.1. The maximum Gasteiger partial charge on any atom is 0.225 e. The standard InChI is InChI=1S/C13H22N4/c1-10(2)12-7-15-13(16-8-12)17-5-4-11(9-17)6-14-3/h7-8,10-11,14H,4-6,9H2,1-3H3. The molecule has 0 amide bonds. The van der Waals surface area contributed by atoms with Crippen molar-refractivity contribution in [3.63, 3.8) is 0 Å². The van der Waals surface area contributed by atoms with Crippen LogP contribution in [0, 0.1) is 5.92 Å². The van der Waals surface area contributed by atoms with Gasteiger partial charge in [-0.15, -0.1) is 0 Å². The lowest BCUT2D eigenvalue weighted by Crippen LogP contribution is -2.25. The van der Waals surface area contributed by atoms with Gasteiger partial charge in [-0.25, -0.2) is 9.97 Å². The third-order valence-electron chi connectivity index (χ3n) is 3.39. The van der Waals surface area contributed by atoms with Crippen LogP contribution in [0.3, 0.4) is 0 Å². The van der Waals surface area contributed by atoms with Crippen LogP contribution in [0.4, 0.5) is 5.95 Å². The molecule has 4 nitrogen and oxygen atoms in total. The first-order chi connectivity index (χ1) is 8.20. The summed E-state index contributed by atoms with van der Waals surface area (Å²) in [6.07, 6.45) is 5.15. The molecule has 0 bridgehead atoms. The molecule has 2 heterocycles. The maximum absolute atomic E-state index is 4.47. The highest BCUT2D eigenvalue weighted by Crippen LogP contribution is 2.21. The van der Waals surface area contributed by atoms with Crippen LogP contribution in [-0.2, 0) is 0 Å². The monoisotopic (exact) mass is 234 g/mol. The van der Waals surface area contributed by atoms with Crippen molar-refractivity contribution in [1.82, 2.24) is 15.3 Å². The molecule has 0 aromatic carbocycles. The summed E-state index contributed by atoms with van der Waals surface area (Å²) < 4.78 is 0. The Morgan fingerprint density at radius 1 is 1.41 bits per heavy atom. The van der Waals surface area contributed by atoms with Gasteiger partial charge >= 0.3 is 0 Å². The number of nitrogens with one attached hydrogen (secondary N) is 1. The number of anilines is 1. The van der Waals surface area contributed by atoms with Gasteiger partial charge in [0, 0.05) is 25.5 Å². The molecule has 1 atom stereocenters. The summed E-state index contributed by atoms with van der Waals surface area (Å²) >= 11 is 0. The Kier molecular flexibility index (Phi) is 3.94. The van der Waals surface area contributed by atoms with Gasteiger partial charge < -0.3 is 10.2 Å². The molecule has 0 saturated carbocycles. The third-order valence-corrected chi connectivity index (χ3v) is 3.39. The average molecular weight is 234 g/mol. The Balaban J connectivity index is 1.99. The first-order valence-corrected chi connectivity index (χ1v) is 6.42. The molecule has 0 spiro atoms. The van der Waals surface area contributed by atoms with Crippen LogP contribution in [0.1, 0.15) is 31.7 Å². The fraction of sp³-hybridized carbons (Fsp3) is 0.692. The Hall–Kier alpha value is -1.16. The highest BCUT2D eigenvalue weighted by Gasteiger charge is 2.23. The van der Waals surface area contributed by atoms with Gasteiger partial charge in [-0.1, -0.05) is 13.8 Å². The van der Waals surface area contributed by atoms with E-state index in [0.29, 0.717) is 5.92 Å². The molecule has 2 rings (SSSR count). The van der Waals surface area contributed by atoms with Gasteiger partial charge in [0.05, 0.1) is 0 Å². The molecular weight excluding hydrogens is 212 g/mol. The predicted molar refractivity (Wildman–Crippen MR) is 70.4 cm³/mol. The fourth-order valence-electron chi connectivity index (χ4n) is 2.26. The molecule has 0 aliphatic carbocycles. The minimum Gasteiger partial charge on any atom is -0.340 e. The quantitative estimate of drug-likeness (QED) is 0.860. The van der Waals surface area contributed by atoms with E-state index in [-0.39, 0.29) is 0 Å². The molecule has 17 heavy (non-hydrogen) atoms. The summed E-state index contributed by atoms with van der Waals surface area (Å²) in [6, 6.07) is 0. The molecule has 1 unspecified atom stereocenters. The highest BCUT2D eigenvalue weighted by atomic mass is 15.3. The zero-order chi connectivity index (χ0) is 12.3.